The van der Waals surface area contributed by atoms with Gasteiger partial charge in [0, 0.05) is 12.8 Å². The number of hydrogen-bond acceptors (Lipinski definition) is 5. The first-order valence-corrected chi connectivity index (χ1v) is 22.1. The third-order valence-corrected chi connectivity index (χ3v) is 8.51. The van der Waals surface area contributed by atoms with Crippen molar-refractivity contribution in [1.29, 1.82) is 0 Å². The highest BCUT2D eigenvalue weighted by molar-refractivity contribution is 5.70. The van der Waals surface area contributed by atoms with Gasteiger partial charge in [-0.15, -0.1) is 0 Å². The van der Waals surface area contributed by atoms with E-state index in [4.69, 9.17) is 14.2 Å². The fourth-order valence-electron chi connectivity index (χ4n) is 5.30. The number of allylic oxidation sites excluding steroid dienone is 19. The molecule has 0 aliphatic rings. The number of esters is 2. The van der Waals surface area contributed by atoms with Crippen LogP contribution in [-0.4, -0.2) is 37.9 Å². The van der Waals surface area contributed by atoms with Crippen LogP contribution in [0.3, 0.4) is 0 Å². The minimum atomic E-state index is -0.592. The summed E-state index contributed by atoms with van der Waals surface area (Å²) in [6.07, 6.45) is 63.9. The van der Waals surface area contributed by atoms with Crippen LogP contribution in [0.15, 0.2) is 122 Å². The molecule has 0 amide bonds. The zero-order valence-electron chi connectivity index (χ0n) is 35.8. The Kier molecular flexibility index (Phi) is 42.7. The van der Waals surface area contributed by atoms with Crippen LogP contribution in [0, 0.1) is 0 Å². The molecule has 1 atom stereocenters. The summed E-state index contributed by atoms with van der Waals surface area (Å²) < 4.78 is 17.0. The molecule has 0 bridgehead atoms. The predicted octanol–water partition coefficient (Wildman–Crippen LogP) is 14.7. The second-order valence-electron chi connectivity index (χ2n) is 13.8. The van der Waals surface area contributed by atoms with Gasteiger partial charge >= 0.3 is 11.9 Å². The lowest BCUT2D eigenvalue weighted by molar-refractivity contribution is -0.162. The Balaban J connectivity index is 4.28. The van der Waals surface area contributed by atoms with Crippen molar-refractivity contribution in [3.63, 3.8) is 0 Å². The van der Waals surface area contributed by atoms with Crippen molar-refractivity contribution < 1.29 is 23.8 Å². The van der Waals surface area contributed by atoms with Crippen molar-refractivity contribution in [2.45, 2.75) is 168 Å². The number of hydrogen-bond donors (Lipinski definition) is 0. The second kappa shape index (κ2) is 45.7. The Morgan fingerprint density at radius 1 is 0.411 bits per heavy atom. The molecule has 0 spiro atoms. The molecule has 0 aromatic heterocycles. The van der Waals surface area contributed by atoms with Gasteiger partial charge in [-0.05, 0) is 96.3 Å². The Labute approximate surface area is 344 Å². The van der Waals surface area contributed by atoms with Gasteiger partial charge in [0.1, 0.15) is 6.61 Å². The van der Waals surface area contributed by atoms with Crippen molar-refractivity contribution in [3.8, 4) is 0 Å². The summed E-state index contributed by atoms with van der Waals surface area (Å²) in [5.74, 6) is -0.502. The Bertz CT molecular complexity index is 1190. The lowest BCUT2D eigenvalue weighted by atomic mass is 10.1. The third-order valence-electron chi connectivity index (χ3n) is 8.51. The first-order valence-electron chi connectivity index (χ1n) is 22.1. The Hall–Kier alpha value is -3.70. The maximum absolute atomic E-state index is 12.5. The Morgan fingerprint density at radius 2 is 0.804 bits per heavy atom. The molecule has 0 radical (unpaired) electrons. The molecule has 0 N–H and O–H groups in total. The van der Waals surface area contributed by atoms with Crippen LogP contribution < -0.4 is 0 Å². The average Bonchev–Trinajstić information content (AvgIpc) is 3.20. The minimum absolute atomic E-state index is 0.0299. The number of carbonyl (C=O) groups excluding carboxylic acids is 2. The molecule has 0 heterocycles. The van der Waals surface area contributed by atoms with E-state index in [0.29, 0.717) is 19.4 Å². The topological polar surface area (TPSA) is 61.8 Å². The van der Waals surface area contributed by atoms with Crippen LogP contribution in [-0.2, 0) is 23.8 Å². The maximum atomic E-state index is 12.5. The van der Waals surface area contributed by atoms with Gasteiger partial charge in [-0.25, -0.2) is 0 Å². The van der Waals surface area contributed by atoms with Crippen molar-refractivity contribution in [3.05, 3.63) is 122 Å². The summed E-state index contributed by atoms with van der Waals surface area (Å²) in [5, 5.41) is 0. The van der Waals surface area contributed by atoms with Crippen molar-refractivity contribution in [2.75, 3.05) is 19.8 Å². The largest absolute Gasteiger partial charge is 0.462 e. The summed E-state index contributed by atoms with van der Waals surface area (Å²) in [7, 11) is 0. The highest BCUT2D eigenvalue weighted by Gasteiger charge is 2.17. The molecule has 0 aromatic rings. The van der Waals surface area contributed by atoms with Gasteiger partial charge in [0.05, 0.1) is 13.2 Å². The molecular formula is C51H80O5. The molecule has 0 aliphatic carbocycles. The van der Waals surface area contributed by atoms with E-state index < -0.39 is 6.10 Å². The van der Waals surface area contributed by atoms with E-state index in [1.165, 1.54) is 12.8 Å². The van der Waals surface area contributed by atoms with Gasteiger partial charge in [0.15, 0.2) is 6.10 Å². The Morgan fingerprint density at radius 3 is 1.27 bits per heavy atom. The van der Waals surface area contributed by atoms with Gasteiger partial charge in [0.2, 0.25) is 0 Å². The molecule has 0 saturated carbocycles. The molecule has 5 heteroatoms. The number of ether oxygens (including phenoxy) is 3. The van der Waals surface area contributed by atoms with Gasteiger partial charge in [0.25, 0.3) is 0 Å². The first-order chi connectivity index (χ1) is 27.6. The standard InChI is InChI=1S/C51H80O5/c1-4-7-10-13-15-17-19-21-23-25-26-27-28-30-32-34-36-39-41-44-50(52)55-48-49(56-51(53)45-42-38-12-9-6-3)47-54-46-43-40-37-35-33-31-29-24-22-20-18-16-14-11-8-5-2/h7-8,10-11,15-18,21-24,26-27,30-33,37,40,49H,4-6,9,12-14,19-20,25,28-29,34-36,38-39,41-48H2,1-3H3/b10-7-,11-8-,17-15-,18-16-,23-21-,24-22-,27-26-,32-30-,33-31-,40-37-. The smallest absolute Gasteiger partial charge is 0.306 e. The molecule has 0 aromatic carbocycles. The fourth-order valence-corrected chi connectivity index (χ4v) is 5.30. The van der Waals surface area contributed by atoms with Crippen molar-refractivity contribution >= 4 is 11.9 Å². The lowest BCUT2D eigenvalue weighted by Gasteiger charge is -2.18. The molecule has 314 valence electrons. The van der Waals surface area contributed by atoms with Gasteiger partial charge in [-0.2, -0.15) is 0 Å². The summed E-state index contributed by atoms with van der Waals surface area (Å²) >= 11 is 0. The lowest BCUT2D eigenvalue weighted by Crippen LogP contribution is -2.30. The second-order valence-corrected chi connectivity index (χ2v) is 13.8. The normalized spacial score (nSPS) is 13.4. The van der Waals surface area contributed by atoms with Gasteiger partial charge in [-0.3, -0.25) is 9.59 Å². The van der Waals surface area contributed by atoms with Crippen LogP contribution >= 0.6 is 0 Å². The molecule has 1 unspecified atom stereocenters. The quantitative estimate of drug-likeness (QED) is 0.0355. The predicted molar refractivity (Wildman–Crippen MR) is 242 cm³/mol. The average molecular weight is 773 g/mol. The zero-order valence-corrected chi connectivity index (χ0v) is 35.8. The van der Waals surface area contributed by atoms with E-state index in [1.54, 1.807) is 0 Å². The molecule has 5 nitrogen and oxygen atoms in total. The fraction of sp³-hybridized carbons (Fsp3) is 0.569. The monoisotopic (exact) mass is 773 g/mol. The number of carbonyl (C=O) groups is 2. The zero-order chi connectivity index (χ0) is 40.7. The van der Waals surface area contributed by atoms with Crippen molar-refractivity contribution in [2.24, 2.45) is 0 Å². The minimum Gasteiger partial charge on any atom is -0.462 e. The number of unbranched alkanes of at least 4 members (excludes halogenated alkanes) is 7. The van der Waals surface area contributed by atoms with Crippen LogP contribution in [0.1, 0.15) is 162 Å². The molecule has 56 heavy (non-hydrogen) atoms. The van der Waals surface area contributed by atoms with E-state index in [1.807, 2.05) is 0 Å². The van der Waals surface area contributed by atoms with E-state index in [0.717, 1.165) is 116 Å². The summed E-state index contributed by atoms with van der Waals surface area (Å²) in [4.78, 5) is 25.0. The van der Waals surface area contributed by atoms with Gasteiger partial charge < -0.3 is 14.2 Å². The summed E-state index contributed by atoms with van der Waals surface area (Å²) in [5.41, 5.74) is 0. The van der Waals surface area contributed by atoms with E-state index in [2.05, 4.69) is 142 Å². The van der Waals surface area contributed by atoms with Crippen molar-refractivity contribution in [1.82, 2.24) is 0 Å². The van der Waals surface area contributed by atoms with Crippen LogP contribution in [0.25, 0.3) is 0 Å². The SMILES string of the molecule is CC/C=C\C/C=C\C/C=C\C/C=C\C/C=C\CCCCCC(=O)OCC(COCC/C=C\C/C=C\C/C=C\C/C=C\C/C=C\CC)OC(=O)CCCCCCC. The molecular weight excluding hydrogens is 693 g/mol. The highest BCUT2D eigenvalue weighted by atomic mass is 16.6. The van der Waals surface area contributed by atoms with E-state index >= 15 is 0 Å². The maximum Gasteiger partial charge on any atom is 0.306 e. The van der Waals surface area contributed by atoms with E-state index in [-0.39, 0.29) is 25.2 Å². The van der Waals surface area contributed by atoms with Crippen LogP contribution in [0.2, 0.25) is 0 Å². The summed E-state index contributed by atoms with van der Waals surface area (Å²) in [6.45, 7) is 7.24. The molecule has 0 saturated heterocycles. The first kappa shape index (κ1) is 52.3. The van der Waals surface area contributed by atoms with Crippen LogP contribution in [0.5, 0.6) is 0 Å². The molecule has 0 rings (SSSR count). The third kappa shape index (κ3) is 43.0. The number of rotatable bonds is 38. The van der Waals surface area contributed by atoms with E-state index in [9.17, 15) is 9.59 Å². The highest BCUT2D eigenvalue weighted by Crippen LogP contribution is 2.10. The molecule has 0 fully saturated rings. The van der Waals surface area contributed by atoms with Crippen LogP contribution in [0.4, 0.5) is 0 Å². The van der Waals surface area contributed by atoms with Gasteiger partial charge in [-0.1, -0.05) is 174 Å². The molecule has 0 aliphatic heterocycles. The summed E-state index contributed by atoms with van der Waals surface area (Å²) in [6, 6.07) is 0.